The second-order valence-corrected chi connectivity index (χ2v) is 5.34. The Kier molecular flexibility index (Phi) is 4.39. The van der Waals surface area contributed by atoms with E-state index in [9.17, 15) is 14.7 Å². The van der Waals surface area contributed by atoms with Gasteiger partial charge in [0.15, 0.2) is 0 Å². The van der Waals surface area contributed by atoms with Gasteiger partial charge < -0.3 is 15.3 Å². The van der Waals surface area contributed by atoms with Crippen molar-refractivity contribution >= 4 is 17.5 Å². The number of hydrogen-bond acceptors (Lipinski definition) is 3. The van der Waals surface area contributed by atoms with Crippen LogP contribution in [0.1, 0.15) is 30.6 Å². The first-order valence-electron chi connectivity index (χ1n) is 6.82. The summed E-state index contributed by atoms with van der Waals surface area (Å²) in [7, 11) is 0. The molecule has 20 heavy (non-hydrogen) atoms. The van der Waals surface area contributed by atoms with Crippen LogP contribution in [0.25, 0.3) is 0 Å². The third-order valence-corrected chi connectivity index (χ3v) is 3.66. The fourth-order valence-electron chi connectivity index (χ4n) is 2.32. The highest BCUT2D eigenvalue weighted by Gasteiger charge is 2.27. The van der Waals surface area contributed by atoms with Crippen molar-refractivity contribution in [2.45, 2.75) is 26.4 Å². The predicted octanol–water partition coefficient (Wildman–Crippen LogP) is 1.49. The van der Waals surface area contributed by atoms with Crippen molar-refractivity contribution < 1.29 is 14.7 Å². The van der Waals surface area contributed by atoms with E-state index in [1.165, 1.54) is 6.92 Å². The van der Waals surface area contributed by atoms with Gasteiger partial charge in [-0.1, -0.05) is 6.92 Å². The van der Waals surface area contributed by atoms with E-state index in [2.05, 4.69) is 5.32 Å². The third-order valence-electron chi connectivity index (χ3n) is 3.66. The van der Waals surface area contributed by atoms with Gasteiger partial charge in [0.1, 0.15) is 0 Å². The molecule has 2 N–H and O–H groups in total. The van der Waals surface area contributed by atoms with Gasteiger partial charge in [-0.2, -0.15) is 0 Å². The Bertz CT molecular complexity index is 498. The van der Waals surface area contributed by atoms with Crippen LogP contribution in [-0.4, -0.2) is 41.0 Å². The number of aliphatic hydroxyl groups is 1. The van der Waals surface area contributed by atoms with Crippen molar-refractivity contribution in [3.05, 3.63) is 29.8 Å². The molecule has 1 aromatic rings. The number of benzene rings is 1. The largest absolute Gasteiger partial charge is 0.391 e. The zero-order valence-corrected chi connectivity index (χ0v) is 11.8. The molecule has 108 valence electrons. The lowest BCUT2D eigenvalue weighted by atomic mass is 9.95. The van der Waals surface area contributed by atoms with Crippen LogP contribution >= 0.6 is 0 Å². The van der Waals surface area contributed by atoms with Crippen LogP contribution in [0, 0.1) is 5.92 Å². The standard InChI is InChI=1S/C15H20N2O3/c1-10-7-8-17(9-14(10)19)15(20)12-3-5-13(6-4-12)16-11(2)18/h3-6,10,14,19H,7-9H2,1-2H3,(H,16,18). The Morgan fingerprint density at radius 3 is 2.50 bits per heavy atom. The lowest BCUT2D eigenvalue weighted by molar-refractivity contribution is -0.114. The molecule has 1 fully saturated rings. The summed E-state index contributed by atoms with van der Waals surface area (Å²) in [6.45, 7) is 4.49. The van der Waals surface area contributed by atoms with Gasteiger partial charge in [0.05, 0.1) is 6.10 Å². The third kappa shape index (κ3) is 3.36. The van der Waals surface area contributed by atoms with Gasteiger partial charge in [-0.15, -0.1) is 0 Å². The normalized spacial score (nSPS) is 22.4. The zero-order valence-electron chi connectivity index (χ0n) is 11.8. The minimum atomic E-state index is -0.452. The minimum absolute atomic E-state index is 0.0784. The van der Waals surface area contributed by atoms with Crippen molar-refractivity contribution in [3.63, 3.8) is 0 Å². The van der Waals surface area contributed by atoms with E-state index in [4.69, 9.17) is 0 Å². The second kappa shape index (κ2) is 6.05. The maximum Gasteiger partial charge on any atom is 0.253 e. The smallest absolute Gasteiger partial charge is 0.253 e. The molecule has 0 aromatic heterocycles. The minimum Gasteiger partial charge on any atom is -0.391 e. The van der Waals surface area contributed by atoms with E-state index in [-0.39, 0.29) is 17.7 Å². The molecule has 5 nitrogen and oxygen atoms in total. The maximum absolute atomic E-state index is 12.3. The van der Waals surface area contributed by atoms with Gasteiger partial charge >= 0.3 is 0 Å². The lowest BCUT2D eigenvalue weighted by Crippen LogP contribution is -2.45. The van der Waals surface area contributed by atoms with Crippen LogP contribution < -0.4 is 5.32 Å². The number of carbonyl (C=O) groups is 2. The second-order valence-electron chi connectivity index (χ2n) is 5.34. The number of amides is 2. The summed E-state index contributed by atoms with van der Waals surface area (Å²) in [5.74, 6) is 0.0173. The number of β-amino-alcohol motifs (C(OH)–C–C–N with tert-alkyl or cyclic N) is 1. The molecular formula is C15H20N2O3. The van der Waals surface area contributed by atoms with Gasteiger partial charge in [0, 0.05) is 31.3 Å². The SMILES string of the molecule is CC(=O)Nc1ccc(C(=O)N2CCC(C)C(O)C2)cc1. The fraction of sp³-hybridized carbons (Fsp3) is 0.467. The topological polar surface area (TPSA) is 69.6 Å². The summed E-state index contributed by atoms with van der Waals surface area (Å²) in [6, 6.07) is 6.80. The molecule has 1 aliphatic rings. The maximum atomic E-state index is 12.3. The molecule has 0 saturated carbocycles. The summed E-state index contributed by atoms with van der Waals surface area (Å²) < 4.78 is 0. The van der Waals surface area contributed by atoms with Crippen LogP contribution in [0.3, 0.4) is 0 Å². The van der Waals surface area contributed by atoms with E-state index in [0.717, 1.165) is 6.42 Å². The Morgan fingerprint density at radius 1 is 1.30 bits per heavy atom. The van der Waals surface area contributed by atoms with E-state index in [1.807, 2.05) is 6.92 Å². The van der Waals surface area contributed by atoms with Gasteiger partial charge in [-0.25, -0.2) is 0 Å². The molecule has 0 radical (unpaired) electrons. The highest BCUT2D eigenvalue weighted by atomic mass is 16.3. The van der Waals surface area contributed by atoms with Crippen LogP contribution in [0.5, 0.6) is 0 Å². The summed E-state index contributed by atoms with van der Waals surface area (Å²) >= 11 is 0. The number of likely N-dealkylation sites (tertiary alicyclic amines) is 1. The number of piperidine rings is 1. The number of carbonyl (C=O) groups excluding carboxylic acids is 2. The van der Waals surface area contributed by atoms with E-state index >= 15 is 0 Å². The highest BCUT2D eigenvalue weighted by molar-refractivity contribution is 5.95. The molecule has 1 aromatic carbocycles. The Morgan fingerprint density at radius 2 is 1.95 bits per heavy atom. The molecule has 2 amide bonds. The van der Waals surface area contributed by atoms with Crippen molar-refractivity contribution in [2.24, 2.45) is 5.92 Å². The number of nitrogens with one attached hydrogen (secondary N) is 1. The average Bonchev–Trinajstić information content (AvgIpc) is 2.41. The first-order valence-corrected chi connectivity index (χ1v) is 6.82. The molecule has 0 spiro atoms. The molecule has 2 unspecified atom stereocenters. The van der Waals surface area contributed by atoms with Crippen LogP contribution in [0.15, 0.2) is 24.3 Å². The Balaban J connectivity index is 2.04. The van der Waals surface area contributed by atoms with Crippen LogP contribution in [0.2, 0.25) is 0 Å². The summed E-state index contributed by atoms with van der Waals surface area (Å²) in [5, 5.41) is 12.5. The number of nitrogens with zero attached hydrogens (tertiary/aromatic N) is 1. The average molecular weight is 276 g/mol. The first kappa shape index (κ1) is 14.5. The summed E-state index contributed by atoms with van der Waals surface area (Å²) in [5.41, 5.74) is 1.24. The van der Waals surface area contributed by atoms with Crippen molar-refractivity contribution in [2.75, 3.05) is 18.4 Å². The molecule has 5 heteroatoms. The van der Waals surface area contributed by atoms with Crippen molar-refractivity contribution in [1.29, 1.82) is 0 Å². The number of anilines is 1. The van der Waals surface area contributed by atoms with Gasteiger partial charge in [-0.05, 0) is 36.6 Å². The summed E-state index contributed by atoms with van der Waals surface area (Å²) in [4.78, 5) is 24.9. The van der Waals surface area contributed by atoms with Gasteiger partial charge in [0.25, 0.3) is 5.91 Å². The molecule has 1 aliphatic heterocycles. The van der Waals surface area contributed by atoms with Crippen LogP contribution in [0.4, 0.5) is 5.69 Å². The van der Waals surface area contributed by atoms with Crippen LogP contribution in [-0.2, 0) is 4.79 Å². The van der Waals surface area contributed by atoms with E-state index in [1.54, 1.807) is 29.2 Å². The summed E-state index contributed by atoms with van der Waals surface area (Å²) in [6.07, 6.45) is 0.364. The zero-order chi connectivity index (χ0) is 14.7. The van der Waals surface area contributed by atoms with E-state index in [0.29, 0.717) is 24.3 Å². The lowest BCUT2D eigenvalue weighted by Gasteiger charge is -2.34. The Hall–Kier alpha value is -1.88. The number of aliphatic hydroxyl groups excluding tert-OH is 1. The number of hydrogen-bond donors (Lipinski definition) is 2. The quantitative estimate of drug-likeness (QED) is 0.859. The number of rotatable bonds is 2. The molecule has 1 saturated heterocycles. The molecule has 1 heterocycles. The molecule has 2 atom stereocenters. The fourth-order valence-corrected chi connectivity index (χ4v) is 2.32. The highest BCUT2D eigenvalue weighted by Crippen LogP contribution is 2.19. The molecule has 0 aliphatic carbocycles. The predicted molar refractivity (Wildman–Crippen MR) is 76.4 cm³/mol. The van der Waals surface area contributed by atoms with E-state index < -0.39 is 6.10 Å². The molecule has 2 rings (SSSR count). The first-order chi connectivity index (χ1) is 9.47. The van der Waals surface area contributed by atoms with Crippen molar-refractivity contribution in [3.8, 4) is 0 Å². The molecule has 0 bridgehead atoms. The van der Waals surface area contributed by atoms with Gasteiger partial charge in [0.2, 0.25) is 5.91 Å². The monoisotopic (exact) mass is 276 g/mol. The van der Waals surface area contributed by atoms with Gasteiger partial charge in [-0.3, -0.25) is 9.59 Å². The Labute approximate surface area is 118 Å². The molecular weight excluding hydrogens is 256 g/mol. The van der Waals surface area contributed by atoms with Crippen molar-refractivity contribution in [1.82, 2.24) is 4.90 Å².